The molecule has 0 amide bonds. The smallest absolute Gasteiger partial charge is 0.0896 e. The highest BCUT2D eigenvalue weighted by Gasteiger charge is 2.25. The van der Waals surface area contributed by atoms with E-state index in [9.17, 15) is 5.11 Å². The van der Waals surface area contributed by atoms with Crippen molar-refractivity contribution in [2.24, 2.45) is 0 Å². The van der Waals surface area contributed by atoms with Gasteiger partial charge in [0.05, 0.1) is 5.60 Å². The van der Waals surface area contributed by atoms with Crippen LogP contribution >= 0.6 is 0 Å². The lowest BCUT2D eigenvalue weighted by molar-refractivity contribution is 0.0304. The average molecular weight is 242 g/mol. The van der Waals surface area contributed by atoms with Gasteiger partial charge < -0.3 is 10.2 Å². The fraction of sp³-hybridized carbons (Fsp3) is 0.250. The molecule has 0 saturated carbocycles. The highest BCUT2D eigenvalue weighted by atomic mass is 16.3. The second-order valence-corrected chi connectivity index (χ2v) is 4.66. The Bertz CT molecular complexity index is 504. The largest absolute Gasteiger partial charge is 0.396 e. The van der Waals surface area contributed by atoms with Crippen molar-refractivity contribution in [2.45, 2.75) is 18.9 Å². The summed E-state index contributed by atoms with van der Waals surface area (Å²) >= 11 is 0. The first-order valence-corrected chi connectivity index (χ1v) is 6.13. The molecule has 0 aliphatic rings. The predicted octanol–water partition coefficient (Wildman–Crippen LogP) is 2.94. The van der Waals surface area contributed by atoms with E-state index in [1.54, 1.807) is 6.92 Å². The highest BCUT2D eigenvalue weighted by molar-refractivity contribution is 5.68. The molecule has 94 valence electrons. The maximum absolute atomic E-state index is 10.5. The number of aliphatic hydroxyl groups is 2. The summed E-state index contributed by atoms with van der Waals surface area (Å²) < 4.78 is 0. The molecule has 2 rings (SSSR count). The van der Waals surface area contributed by atoms with Gasteiger partial charge in [-0.1, -0.05) is 54.6 Å². The number of rotatable bonds is 4. The molecule has 2 aromatic carbocycles. The van der Waals surface area contributed by atoms with Crippen LogP contribution in [0.15, 0.2) is 54.6 Å². The SMILES string of the molecule is CC(O)(CCO)c1ccccc1-c1ccccc1. The third-order valence-electron chi connectivity index (χ3n) is 3.19. The molecule has 0 aromatic heterocycles. The molecule has 2 nitrogen and oxygen atoms in total. The molecule has 1 unspecified atom stereocenters. The van der Waals surface area contributed by atoms with Crippen molar-refractivity contribution in [3.8, 4) is 11.1 Å². The Hall–Kier alpha value is -1.64. The second-order valence-electron chi connectivity index (χ2n) is 4.66. The minimum Gasteiger partial charge on any atom is -0.396 e. The Morgan fingerprint density at radius 1 is 0.944 bits per heavy atom. The summed E-state index contributed by atoms with van der Waals surface area (Å²) in [5.74, 6) is 0. The van der Waals surface area contributed by atoms with Crippen molar-refractivity contribution < 1.29 is 10.2 Å². The van der Waals surface area contributed by atoms with E-state index in [0.717, 1.165) is 16.7 Å². The molecular formula is C16H18O2. The van der Waals surface area contributed by atoms with E-state index in [-0.39, 0.29) is 6.61 Å². The Morgan fingerprint density at radius 2 is 1.56 bits per heavy atom. The summed E-state index contributed by atoms with van der Waals surface area (Å²) in [6.07, 6.45) is 0.330. The molecule has 0 saturated heterocycles. The summed E-state index contributed by atoms with van der Waals surface area (Å²) in [6, 6.07) is 17.8. The topological polar surface area (TPSA) is 40.5 Å². The first kappa shape index (κ1) is 12.8. The molecule has 0 aliphatic carbocycles. The zero-order chi connectivity index (χ0) is 13.0. The Labute approximate surface area is 108 Å². The fourth-order valence-corrected chi connectivity index (χ4v) is 2.17. The van der Waals surface area contributed by atoms with Gasteiger partial charge in [-0.25, -0.2) is 0 Å². The van der Waals surface area contributed by atoms with Crippen LogP contribution in [0.3, 0.4) is 0 Å². The lowest BCUT2D eigenvalue weighted by Gasteiger charge is -2.25. The molecule has 2 aromatic rings. The summed E-state index contributed by atoms with van der Waals surface area (Å²) in [5.41, 5.74) is 1.93. The third-order valence-corrected chi connectivity index (χ3v) is 3.19. The van der Waals surface area contributed by atoms with E-state index in [2.05, 4.69) is 0 Å². The maximum Gasteiger partial charge on any atom is 0.0896 e. The molecular weight excluding hydrogens is 224 g/mol. The lowest BCUT2D eigenvalue weighted by Crippen LogP contribution is -2.23. The van der Waals surface area contributed by atoms with Gasteiger partial charge in [-0.05, 0) is 23.6 Å². The summed E-state index contributed by atoms with van der Waals surface area (Å²) in [5, 5.41) is 19.5. The highest BCUT2D eigenvalue weighted by Crippen LogP contribution is 2.33. The molecule has 2 heteroatoms. The van der Waals surface area contributed by atoms with Crippen molar-refractivity contribution in [1.82, 2.24) is 0 Å². The van der Waals surface area contributed by atoms with E-state index < -0.39 is 5.60 Å². The van der Waals surface area contributed by atoms with Crippen LogP contribution in [0.25, 0.3) is 11.1 Å². The van der Waals surface area contributed by atoms with Gasteiger partial charge in [0.1, 0.15) is 0 Å². The Balaban J connectivity index is 2.50. The van der Waals surface area contributed by atoms with Gasteiger partial charge in [0.2, 0.25) is 0 Å². The zero-order valence-electron chi connectivity index (χ0n) is 10.5. The number of hydrogen-bond donors (Lipinski definition) is 2. The molecule has 18 heavy (non-hydrogen) atoms. The minimum absolute atomic E-state index is 0.0316. The van der Waals surface area contributed by atoms with Gasteiger partial charge in [0.25, 0.3) is 0 Å². The van der Waals surface area contributed by atoms with Gasteiger partial charge in [0.15, 0.2) is 0 Å². The van der Waals surface area contributed by atoms with Crippen molar-refractivity contribution in [1.29, 1.82) is 0 Å². The molecule has 2 N–H and O–H groups in total. The standard InChI is InChI=1S/C16H18O2/c1-16(18,11-12-17)15-10-6-5-9-14(15)13-7-3-2-4-8-13/h2-10,17-18H,11-12H2,1H3. The first-order chi connectivity index (χ1) is 8.65. The van der Waals surface area contributed by atoms with E-state index in [1.807, 2.05) is 54.6 Å². The molecule has 0 radical (unpaired) electrons. The quantitative estimate of drug-likeness (QED) is 0.865. The van der Waals surface area contributed by atoms with E-state index in [0.29, 0.717) is 6.42 Å². The van der Waals surface area contributed by atoms with Gasteiger partial charge in [0, 0.05) is 13.0 Å². The third kappa shape index (κ3) is 2.61. The van der Waals surface area contributed by atoms with Crippen LogP contribution < -0.4 is 0 Å². The summed E-state index contributed by atoms with van der Waals surface area (Å²) in [7, 11) is 0. The van der Waals surface area contributed by atoms with Gasteiger partial charge in [-0.3, -0.25) is 0 Å². The molecule has 0 aliphatic heterocycles. The van der Waals surface area contributed by atoms with Gasteiger partial charge >= 0.3 is 0 Å². The van der Waals surface area contributed by atoms with Gasteiger partial charge in [-0.15, -0.1) is 0 Å². The molecule has 0 bridgehead atoms. The fourth-order valence-electron chi connectivity index (χ4n) is 2.17. The normalized spacial score (nSPS) is 14.2. The number of benzene rings is 2. The van der Waals surface area contributed by atoms with E-state index in [1.165, 1.54) is 0 Å². The van der Waals surface area contributed by atoms with E-state index in [4.69, 9.17) is 5.11 Å². The van der Waals surface area contributed by atoms with Crippen LogP contribution in [0.1, 0.15) is 18.9 Å². The Morgan fingerprint density at radius 3 is 2.22 bits per heavy atom. The van der Waals surface area contributed by atoms with Gasteiger partial charge in [-0.2, -0.15) is 0 Å². The average Bonchev–Trinajstić information content (AvgIpc) is 2.40. The first-order valence-electron chi connectivity index (χ1n) is 6.13. The Kier molecular flexibility index (Phi) is 3.80. The molecule has 0 spiro atoms. The van der Waals surface area contributed by atoms with E-state index >= 15 is 0 Å². The summed E-state index contributed by atoms with van der Waals surface area (Å²) in [4.78, 5) is 0. The number of hydrogen-bond acceptors (Lipinski definition) is 2. The van der Waals surface area contributed by atoms with Crippen molar-refractivity contribution in [2.75, 3.05) is 6.61 Å². The van der Waals surface area contributed by atoms with Crippen molar-refractivity contribution >= 4 is 0 Å². The lowest BCUT2D eigenvalue weighted by atomic mass is 9.86. The summed E-state index contributed by atoms with van der Waals surface area (Å²) in [6.45, 7) is 1.71. The van der Waals surface area contributed by atoms with Crippen molar-refractivity contribution in [3.05, 3.63) is 60.2 Å². The molecule has 0 heterocycles. The maximum atomic E-state index is 10.5. The second kappa shape index (κ2) is 5.34. The van der Waals surface area contributed by atoms with Crippen LogP contribution in [0, 0.1) is 0 Å². The van der Waals surface area contributed by atoms with Crippen LogP contribution in [0.4, 0.5) is 0 Å². The monoisotopic (exact) mass is 242 g/mol. The predicted molar refractivity (Wildman–Crippen MR) is 73.2 cm³/mol. The van der Waals surface area contributed by atoms with Crippen LogP contribution in [0.2, 0.25) is 0 Å². The zero-order valence-corrected chi connectivity index (χ0v) is 10.5. The van der Waals surface area contributed by atoms with Crippen molar-refractivity contribution in [3.63, 3.8) is 0 Å². The molecule has 0 fully saturated rings. The van der Waals surface area contributed by atoms with Crippen LogP contribution in [-0.4, -0.2) is 16.8 Å². The molecule has 1 atom stereocenters. The van der Waals surface area contributed by atoms with Crippen LogP contribution in [-0.2, 0) is 5.60 Å². The van der Waals surface area contributed by atoms with Crippen LogP contribution in [0.5, 0.6) is 0 Å². The number of aliphatic hydroxyl groups excluding tert-OH is 1. The minimum atomic E-state index is -1.01.